The first kappa shape index (κ1) is 12.7. The smallest absolute Gasteiger partial charge is 0.253 e. The summed E-state index contributed by atoms with van der Waals surface area (Å²) in [5.41, 5.74) is 1.70. The zero-order chi connectivity index (χ0) is 13.0. The summed E-state index contributed by atoms with van der Waals surface area (Å²) >= 11 is 0. The maximum absolute atomic E-state index is 12.2. The molecule has 1 aromatic carbocycles. The fraction of sp³-hybridized carbons (Fsp3) is 0.400. The third-order valence-electron chi connectivity index (χ3n) is 3.19. The number of rotatable bonds is 1. The van der Waals surface area contributed by atoms with Crippen molar-refractivity contribution in [3.63, 3.8) is 0 Å². The molecule has 0 atom stereocenters. The van der Waals surface area contributed by atoms with Gasteiger partial charge in [0, 0.05) is 37.3 Å². The van der Waals surface area contributed by atoms with E-state index in [0.29, 0.717) is 0 Å². The van der Waals surface area contributed by atoms with Crippen molar-refractivity contribution in [2.24, 2.45) is 0 Å². The molecule has 2 rings (SSSR count). The monoisotopic (exact) mass is 242 g/mol. The summed E-state index contributed by atoms with van der Waals surface area (Å²) < 4.78 is 0. The van der Waals surface area contributed by atoms with Gasteiger partial charge in [-0.2, -0.15) is 0 Å². The van der Waals surface area contributed by atoms with E-state index in [4.69, 9.17) is 0 Å². The van der Waals surface area contributed by atoms with Gasteiger partial charge in [0.15, 0.2) is 0 Å². The lowest BCUT2D eigenvalue weighted by molar-refractivity contribution is 0.0664. The van der Waals surface area contributed by atoms with Crippen molar-refractivity contribution >= 4 is 5.91 Å². The molecule has 0 N–H and O–H groups in total. The Labute approximate surface area is 108 Å². The largest absolute Gasteiger partial charge is 0.336 e. The van der Waals surface area contributed by atoms with E-state index in [-0.39, 0.29) is 5.91 Å². The van der Waals surface area contributed by atoms with Crippen LogP contribution in [0.5, 0.6) is 0 Å². The number of hydrogen-bond acceptors (Lipinski definition) is 2. The molecule has 0 unspecified atom stereocenters. The highest BCUT2D eigenvalue weighted by atomic mass is 16.2. The first-order valence-corrected chi connectivity index (χ1v) is 6.21. The zero-order valence-electron chi connectivity index (χ0n) is 10.9. The van der Waals surface area contributed by atoms with Gasteiger partial charge < -0.3 is 9.80 Å². The van der Waals surface area contributed by atoms with Crippen LogP contribution in [-0.2, 0) is 0 Å². The molecule has 1 aromatic rings. The number of hydrogen-bond donors (Lipinski definition) is 0. The average Bonchev–Trinajstić information content (AvgIpc) is 2.40. The maximum Gasteiger partial charge on any atom is 0.253 e. The van der Waals surface area contributed by atoms with Crippen molar-refractivity contribution in [3.8, 4) is 11.8 Å². The van der Waals surface area contributed by atoms with E-state index >= 15 is 0 Å². The lowest BCUT2D eigenvalue weighted by Gasteiger charge is -2.32. The highest BCUT2D eigenvalue weighted by Crippen LogP contribution is 2.09. The predicted molar refractivity (Wildman–Crippen MR) is 72.4 cm³/mol. The molecule has 1 heterocycles. The lowest BCUT2D eigenvalue weighted by atomic mass is 10.1. The summed E-state index contributed by atoms with van der Waals surface area (Å²) in [6, 6.07) is 7.53. The van der Waals surface area contributed by atoms with Gasteiger partial charge in [0.1, 0.15) is 0 Å². The van der Waals surface area contributed by atoms with Gasteiger partial charge in [-0.05, 0) is 38.2 Å². The summed E-state index contributed by atoms with van der Waals surface area (Å²) in [5, 5.41) is 0. The molecule has 0 aliphatic carbocycles. The Hall–Kier alpha value is -1.79. The lowest BCUT2D eigenvalue weighted by Crippen LogP contribution is -2.47. The van der Waals surface area contributed by atoms with Crippen molar-refractivity contribution in [1.29, 1.82) is 0 Å². The van der Waals surface area contributed by atoms with Gasteiger partial charge >= 0.3 is 0 Å². The Balaban J connectivity index is 2.06. The molecule has 0 saturated carbocycles. The fourth-order valence-electron chi connectivity index (χ4n) is 2.03. The second-order valence-electron chi connectivity index (χ2n) is 4.55. The van der Waals surface area contributed by atoms with E-state index in [0.717, 1.165) is 37.3 Å². The number of carbonyl (C=O) groups excluding carboxylic acids is 1. The van der Waals surface area contributed by atoms with Crippen LogP contribution in [0.4, 0.5) is 0 Å². The normalized spacial score (nSPS) is 16.0. The first-order chi connectivity index (χ1) is 8.70. The molecule has 3 nitrogen and oxygen atoms in total. The van der Waals surface area contributed by atoms with E-state index in [1.165, 1.54) is 0 Å². The zero-order valence-corrected chi connectivity index (χ0v) is 10.9. The van der Waals surface area contributed by atoms with E-state index in [9.17, 15) is 4.79 Å². The van der Waals surface area contributed by atoms with Gasteiger partial charge in [-0.25, -0.2) is 0 Å². The molecule has 3 heteroatoms. The summed E-state index contributed by atoms with van der Waals surface area (Å²) in [5.74, 6) is 5.95. The van der Waals surface area contributed by atoms with Crippen molar-refractivity contribution in [3.05, 3.63) is 35.4 Å². The number of amides is 1. The number of benzene rings is 1. The number of nitrogens with zero attached hydrogens (tertiary/aromatic N) is 2. The molecular formula is C15H18N2O. The van der Waals surface area contributed by atoms with Crippen LogP contribution < -0.4 is 0 Å². The minimum Gasteiger partial charge on any atom is -0.336 e. The van der Waals surface area contributed by atoms with E-state index in [2.05, 4.69) is 23.8 Å². The first-order valence-electron chi connectivity index (χ1n) is 6.21. The van der Waals surface area contributed by atoms with Crippen LogP contribution in [0.25, 0.3) is 0 Å². The topological polar surface area (TPSA) is 23.6 Å². The van der Waals surface area contributed by atoms with Crippen LogP contribution in [-0.4, -0.2) is 48.9 Å². The molecule has 18 heavy (non-hydrogen) atoms. The third kappa shape index (κ3) is 2.91. The Morgan fingerprint density at radius 2 is 1.72 bits per heavy atom. The van der Waals surface area contributed by atoms with Crippen molar-refractivity contribution in [2.45, 2.75) is 6.92 Å². The Bertz CT molecular complexity index is 473. The molecular weight excluding hydrogens is 224 g/mol. The highest BCUT2D eigenvalue weighted by molar-refractivity contribution is 5.94. The van der Waals surface area contributed by atoms with Gasteiger partial charge in [-0.1, -0.05) is 5.92 Å². The van der Waals surface area contributed by atoms with Crippen LogP contribution in [0, 0.1) is 11.8 Å². The second-order valence-corrected chi connectivity index (χ2v) is 4.55. The molecule has 1 fully saturated rings. The molecule has 1 amide bonds. The van der Waals surface area contributed by atoms with Gasteiger partial charge in [0.25, 0.3) is 5.91 Å². The molecule has 1 saturated heterocycles. The number of likely N-dealkylation sites (N-methyl/N-ethyl adjacent to an activating group) is 1. The number of carbonyl (C=O) groups is 1. The average molecular weight is 242 g/mol. The highest BCUT2D eigenvalue weighted by Gasteiger charge is 2.19. The second kappa shape index (κ2) is 5.70. The van der Waals surface area contributed by atoms with Crippen LogP contribution in [0.1, 0.15) is 22.8 Å². The molecule has 0 aromatic heterocycles. The van der Waals surface area contributed by atoms with Crippen LogP contribution in [0.2, 0.25) is 0 Å². The van der Waals surface area contributed by atoms with Crippen LogP contribution in [0.15, 0.2) is 24.3 Å². The van der Waals surface area contributed by atoms with E-state index in [1.54, 1.807) is 0 Å². The SMILES string of the molecule is CC#Cc1ccc(C(=O)N2CCN(C)CC2)cc1. The van der Waals surface area contributed by atoms with Crippen molar-refractivity contribution < 1.29 is 4.79 Å². The quantitative estimate of drug-likeness (QED) is 0.696. The Morgan fingerprint density at radius 3 is 2.28 bits per heavy atom. The number of piperazine rings is 1. The molecule has 1 aliphatic heterocycles. The fourth-order valence-corrected chi connectivity index (χ4v) is 2.03. The minimum atomic E-state index is 0.124. The summed E-state index contributed by atoms with van der Waals surface area (Å²) in [7, 11) is 2.08. The van der Waals surface area contributed by atoms with Gasteiger partial charge in [-0.15, -0.1) is 5.92 Å². The van der Waals surface area contributed by atoms with E-state index < -0.39 is 0 Å². The van der Waals surface area contributed by atoms with Gasteiger partial charge in [0.2, 0.25) is 0 Å². The van der Waals surface area contributed by atoms with E-state index in [1.807, 2.05) is 36.1 Å². The van der Waals surface area contributed by atoms with Gasteiger partial charge in [-0.3, -0.25) is 4.79 Å². The molecule has 1 aliphatic rings. The molecule has 0 spiro atoms. The summed E-state index contributed by atoms with van der Waals surface area (Å²) in [6.45, 7) is 5.33. The van der Waals surface area contributed by atoms with Crippen molar-refractivity contribution in [1.82, 2.24) is 9.80 Å². The third-order valence-corrected chi connectivity index (χ3v) is 3.19. The van der Waals surface area contributed by atoms with Crippen LogP contribution >= 0.6 is 0 Å². The molecule has 94 valence electrons. The predicted octanol–water partition coefficient (Wildman–Crippen LogP) is 1.45. The minimum absolute atomic E-state index is 0.124. The summed E-state index contributed by atoms with van der Waals surface area (Å²) in [6.07, 6.45) is 0. The molecule has 0 radical (unpaired) electrons. The maximum atomic E-state index is 12.2. The van der Waals surface area contributed by atoms with Crippen molar-refractivity contribution in [2.75, 3.05) is 33.2 Å². The summed E-state index contributed by atoms with van der Waals surface area (Å²) in [4.78, 5) is 16.4. The Kier molecular flexibility index (Phi) is 4.01. The van der Waals surface area contributed by atoms with Gasteiger partial charge in [0.05, 0.1) is 0 Å². The Morgan fingerprint density at radius 1 is 1.11 bits per heavy atom. The van der Waals surface area contributed by atoms with Crippen LogP contribution in [0.3, 0.4) is 0 Å². The standard InChI is InChI=1S/C15H18N2O/c1-3-4-13-5-7-14(8-6-13)15(18)17-11-9-16(2)10-12-17/h5-8H,9-12H2,1-2H3. The molecule has 0 bridgehead atoms.